The maximum absolute atomic E-state index is 13.4. The van der Waals surface area contributed by atoms with Crippen LogP contribution in [0.5, 0.6) is 0 Å². The van der Waals surface area contributed by atoms with Gasteiger partial charge in [0, 0.05) is 30.7 Å². The summed E-state index contributed by atoms with van der Waals surface area (Å²) >= 11 is 0. The number of piperidine rings is 1. The summed E-state index contributed by atoms with van der Waals surface area (Å²) in [5.41, 5.74) is 1.94. The Morgan fingerprint density at radius 2 is 2.00 bits per heavy atom. The molecule has 5 nitrogen and oxygen atoms in total. The Balaban J connectivity index is 1.30. The first-order valence-electron chi connectivity index (χ1n) is 10.4. The summed E-state index contributed by atoms with van der Waals surface area (Å²) in [7, 11) is 0. The second-order valence-corrected chi connectivity index (χ2v) is 8.18. The van der Waals surface area contributed by atoms with Gasteiger partial charge in [-0.1, -0.05) is 18.2 Å². The third-order valence-corrected chi connectivity index (χ3v) is 6.21. The van der Waals surface area contributed by atoms with E-state index < -0.39 is 0 Å². The average molecular weight is 397 g/mol. The number of nitrogens with one attached hydrogen (secondary N) is 1. The van der Waals surface area contributed by atoms with Crippen LogP contribution in [0.2, 0.25) is 0 Å². The van der Waals surface area contributed by atoms with E-state index in [4.69, 9.17) is 4.74 Å². The van der Waals surface area contributed by atoms with Gasteiger partial charge in [0.05, 0.1) is 18.8 Å². The molecule has 2 fully saturated rings. The monoisotopic (exact) mass is 397 g/mol. The zero-order valence-corrected chi connectivity index (χ0v) is 16.6. The number of hydrogen-bond donors (Lipinski definition) is 1. The Labute approximate surface area is 171 Å². The van der Waals surface area contributed by atoms with Crippen molar-refractivity contribution in [3.63, 3.8) is 0 Å². The lowest BCUT2D eigenvalue weighted by Crippen LogP contribution is -2.47. The van der Waals surface area contributed by atoms with E-state index in [9.17, 15) is 9.18 Å². The number of nitrogens with zero attached hydrogens (tertiary/aromatic N) is 2. The third kappa shape index (κ3) is 4.82. The van der Waals surface area contributed by atoms with Gasteiger partial charge in [-0.05, 0) is 62.2 Å². The summed E-state index contributed by atoms with van der Waals surface area (Å²) in [6, 6.07) is 12.6. The fourth-order valence-corrected chi connectivity index (χ4v) is 4.46. The van der Waals surface area contributed by atoms with Crippen LogP contribution in [0.4, 0.5) is 4.39 Å². The Bertz CT molecular complexity index is 799. The number of carbonyl (C=O) groups excluding carboxylic acids is 1. The highest BCUT2D eigenvalue weighted by Gasteiger charge is 2.39. The maximum Gasteiger partial charge on any atom is 0.223 e. The summed E-state index contributed by atoms with van der Waals surface area (Å²) in [5.74, 6) is -0.0374. The Morgan fingerprint density at radius 3 is 2.66 bits per heavy atom. The minimum absolute atomic E-state index is 0.0524. The van der Waals surface area contributed by atoms with E-state index >= 15 is 0 Å². The van der Waals surface area contributed by atoms with Crippen molar-refractivity contribution < 1.29 is 13.9 Å². The summed E-state index contributed by atoms with van der Waals surface area (Å²) in [6.07, 6.45) is 4.40. The summed E-state index contributed by atoms with van der Waals surface area (Å²) in [6.45, 7) is 4.56. The molecule has 1 N–H and O–H groups in total. The van der Waals surface area contributed by atoms with Gasteiger partial charge < -0.3 is 15.0 Å². The molecule has 2 saturated heterocycles. The van der Waals surface area contributed by atoms with Crippen LogP contribution in [0.15, 0.2) is 48.7 Å². The van der Waals surface area contributed by atoms with Gasteiger partial charge in [-0.2, -0.15) is 0 Å². The van der Waals surface area contributed by atoms with Gasteiger partial charge in [0.1, 0.15) is 5.82 Å². The van der Waals surface area contributed by atoms with Crippen molar-refractivity contribution in [2.75, 3.05) is 32.8 Å². The Hall–Kier alpha value is -2.31. The molecule has 1 aromatic carbocycles. The van der Waals surface area contributed by atoms with Crippen molar-refractivity contribution in [1.82, 2.24) is 15.2 Å². The normalized spacial score (nSPS) is 23.2. The second kappa shape index (κ2) is 9.01. The van der Waals surface area contributed by atoms with E-state index in [1.165, 1.54) is 12.1 Å². The Morgan fingerprint density at radius 1 is 1.21 bits per heavy atom. The molecule has 0 radical (unpaired) electrons. The second-order valence-electron chi connectivity index (χ2n) is 8.18. The standard InChI is InChI=1S/C23H28FN3O2/c24-20-6-4-19(5-7-20)23(10-14-29-17-23)16-27-12-8-18(9-13-27)22(28)26-15-21-3-1-2-11-25-21/h1-7,11,18H,8-10,12-17H2,(H,26,28)/t23-/m1/s1. The number of ether oxygens (including phenoxy) is 1. The predicted octanol–water partition coefficient (Wildman–Crippen LogP) is 2.91. The topological polar surface area (TPSA) is 54.5 Å². The molecule has 2 aromatic rings. The molecule has 0 saturated carbocycles. The number of carbonyl (C=O) groups is 1. The highest BCUT2D eigenvalue weighted by Crippen LogP contribution is 2.35. The van der Waals surface area contributed by atoms with Crippen LogP contribution >= 0.6 is 0 Å². The number of likely N-dealkylation sites (tertiary alicyclic amines) is 1. The van der Waals surface area contributed by atoms with Crippen LogP contribution < -0.4 is 5.32 Å². The molecule has 1 amide bonds. The molecule has 2 aliphatic rings. The van der Waals surface area contributed by atoms with Gasteiger partial charge in [-0.3, -0.25) is 9.78 Å². The molecular weight excluding hydrogens is 369 g/mol. The van der Waals surface area contributed by atoms with Crippen LogP contribution in [0.25, 0.3) is 0 Å². The predicted molar refractivity (Wildman–Crippen MR) is 109 cm³/mol. The molecule has 154 valence electrons. The summed E-state index contributed by atoms with van der Waals surface area (Å²) in [5, 5.41) is 3.02. The lowest BCUT2D eigenvalue weighted by atomic mass is 9.78. The van der Waals surface area contributed by atoms with Gasteiger partial charge in [0.25, 0.3) is 0 Å². The van der Waals surface area contributed by atoms with Crippen LogP contribution in [0.3, 0.4) is 0 Å². The molecule has 3 heterocycles. The zero-order valence-electron chi connectivity index (χ0n) is 16.6. The first kappa shape index (κ1) is 20.0. The molecule has 0 aliphatic carbocycles. The number of rotatable bonds is 6. The van der Waals surface area contributed by atoms with Crippen LogP contribution in [0.1, 0.15) is 30.5 Å². The van der Waals surface area contributed by atoms with Crippen molar-refractivity contribution in [2.24, 2.45) is 5.92 Å². The van der Waals surface area contributed by atoms with E-state index in [0.29, 0.717) is 13.2 Å². The quantitative estimate of drug-likeness (QED) is 0.814. The Kier molecular flexibility index (Phi) is 6.21. The number of aromatic nitrogens is 1. The molecule has 29 heavy (non-hydrogen) atoms. The highest BCUT2D eigenvalue weighted by molar-refractivity contribution is 5.78. The zero-order chi connectivity index (χ0) is 20.1. The largest absolute Gasteiger partial charge is 0.380 e. The summed E-state index contributed by atoms with van der Waals surface area (Å²) in [4.78, 5) is 19.2. The lowest BCUT2D eigenvalue weighted by molar-refractivity contribution is -0.126. The van der Waals surface area contributed by atoms with E-state index in [1.807, 2.05) is 30.3 Å². The minimum atomic E-state index is -0.208. The van der Waals surface area contributed by atoms with Crippen LogP contribution in [-0.4, -0.2) is 48.6 Å². The van der Waals surface area contributed by atoms with Crippen LogP contribution in [0, 0.1) is 11.7 Å². The summed E-state index contributed by atoms with van der Waals surface area (Å²) < 4.78 is 19.1. The van der Waals surface area contributed by atoms with Crippen molar-refractivity contribution >= 4 is 5.91 Å². The molecule has 0 bridgehead atoms. The van der Waals surface area contributed by atoms with Gasteiger partial charge in [-0.25, -0.2) is 4.39 Å². The van der Waals surface area contributed by atoms with E-state index in [0.717, 1.165) is 56.8 Å². The average Bonchev–Trinajstić information content (AvgIpc) is 3.23. The van der Waals surface area contributed by atoms with E-state index in [-0.39, 0.29) is 23.1 Å². The van der Waals surface area contributed by atoms with E-state index in [2.05, 4.69) is 15.2 Å². The van der Waals surface area contributed by atoms with E-state index in [1.54, 1.807) is 6.20 Å². The third-order valence-electron chi connectivity index (χ3n) is 6.21. The number of amides is 1. The van der Waals surface area contributed by atoms with Crippen molar-refractivity contribution in [3.05, 3.63) is 65.7 Å². The number of hydrogen-bond acceptors (Lipinski definition) is 4. The SMILES string of the molecule is O=C(NCc1ccccn1)C1CCN(C[C@]2(c3ccc(F)cc3)CCOC2)CC1. The number of benzene rings is 1. The fourth-order valence-electron chi connectivity index (χ4n) is 4.46. The fraction of sp³-hybridized carbons (Fsp3) is 0.478. The van der Waals surface area contributed by atoms with Gasteiger partial charge in [0.15, 0.2) is 0 Å². The molecular formula is C23H28FN3O2. The van der Waals surface area contributed by atoms with Crippen molar-refractivity contribution in [2.45, 2.75) is 31.2 Å². The molecule has 1 atom stereocenters. The molecule has 4 rings (SSSR count). The molecule has 1 aromatic heterocycles. The maximum atomic E-state index is 13.4. The highest BCUT2D eigenvalue weighted by atomic mass is 19.1. The lowest BCUT2D eigenvalue weighted by Gasteiger charge is -2.38. The first-order valence-corrected chi connectivity index (χ1v) is 10.4. The van der Waals surface area contributed by atoms with Gasteiger partial charge in [-0.15, -0.1) is 0 Å². The molecule has 0 unspecified atom stereocenters. The van der Waals surface area contributed by atoms with Crippen molar-refractivity contribution in [3.8, 4) is 0 Å². The van der Waals surface area contributed by atoms with Gasteiger partial charge in [0.2, 0.25) is 5.91 Å². The van der Waals surface area contributed by atoms with Gasteiger partial charge >= 0.3 is 0 Å². The molecule has 6 heteroatoms. The molecule has 0 spiro atoms. The molecule has 2 aliphatic heterocycles. The number of halogens is 1. The minimum Gasteiger partial charge on any atom is -0.380 e. The van der Waals surface area contributed by atoms with Crippen LogP contribution in [-0.2, 0) is 21.5 Å². The number of pyridine rings is 1. The smallest absolute Gasteiger partial charge is 0.223 e. The van der Waals surface area contributed by atoms with Crippen molar-refractivity contribution in [1.29, 1.82) is 0 Å². The first-order chi connectivity index (χ1) is 14.1.